The summed E-state index contributed by atoms with van der Waals surface area (Å²) in [4.78, 5) is 16.4. The molecule has 0 saturated heterocycles. The van der Waals surface area contributed by atoms with Gasteiger partial charge in [0.2, 0.25) is 0 Å². The van der Waals surface area contributed by atoms with Gasteiger partial charge >= 0.3 is 0 Å². The van der Waals surface area contributed by atoms with Crippen molar-refractivity contribution in [3.63, 3.8) is 0 Å². The zero-order chi connectivity index (χ0) is 23.8. The molecule has 1 heterocycles. The predicted molar refractivity (Wildman–Crippen MR) is 141 cm³/mol. The van der Waals surface area contributed by atoms with E-state index in [1.807, 2.05) is 69.4 Å². The van der Waals surface area contributed by atoms with Crippen LogP contribution in [0.2, 0.25) is 0 Å². The van der Waals surface area contributed by atoms with Gasteiger partial charge in [0.05, 0.1) is 11.3 Å². The molecule has 0 unspecified atom stereocenters. The second-order valence-corrected chi connectivity index (χ2v) is 8.65. The summed E-state index contributed by atoms with van der Waals surface area (Å²) < 4.78 is 0. The third-order valence-corrected chi connectivity index (χ3v) is 5.47. The summed E-state index contributed by atoms with van der Waals surface area (Å²) in [6.07, 6.45) is 14.6. The second kappa shape index (κ2) is 11.4. The number of allylic oxidation sites excluding steroid dienone is 5. The number of nitrogens with one attached hydrogen (secondary N) is 1. The lowest BCUT2D eigenvalue weighted by molar-refractivity contribution is 0.566. The van der Waals surface area contributed by atoms with Crippen LogP contribution in [0.4, 0.5) is 5.82 Å². The van der Waals surface area contributed by atoms with E-state index >= 15 is 0 Å². The van der Waals surface area contributed by atoms with Gasteiger partial charge in [-0.25, -0.2) is 9.97 Å². The minimum atomic E-state index is 0.421. The van der Waals surface area contributed by atoms with E-state index in [4.69, 9.17) is 9.97 Å². The van der Waals surface area contributed by atoms with Crippen molar-refractivity contribution in [2.75, 3.05) is 19.4 Å². The van der Waals surface area contributed by atoms with E-state index in [0.29, 0.717) is 11.9 Å². The van der Waals surface area contributed by atoms with Crippen LogP contribution in [0, 0.1) is 0 Å². The SMILES string of the molecule is C=C/C(=C\N(C)C)c1cccc(-c2ncc(C(/C=C\C)=N/C(=C)C)c(NC3CCCC3)n2)c1. The largest absolute Gasteiger partial charge is 0.383 e. The highest BCUT2D eigenvalue weighted by Crippen LogP contribution is 2.27. The van der Waals surface area contributed by atoms with Crippen molar-refractivity contribution in [2.45, 2.75) is 45.6 Å². The lowest BCUT2D eigenvalue weighted by atomic mass is 10.0. The van der Waals surface area contributed by atoms with Crippen LogP contribution in [-0.2, 0) is 0 Å². The highest BCUT2D eigenvalue weighted by atomic mass is 15.1. The van der Waals surface area contributed by atoms with Gasteiger partial charge in [0.25, 0.3) is 0 Å². The molecule has 1 saturated carbocycles. The molecule has 0 bridgehead atoms. The summed E-state index contributed by atoms with van der Waals surface area (Å²) in [7, 11) is 4.01. The first-order valence-electron chi connectivity index (χ1n) is 11.5. The van der Waals surface area contributed by atoms with Crippen LogP contribution in [0.25, 0.3) is 17.0 Å². The Bertz CT molecular complexity index is 1090. The maximum atomic E-state index is 4.98. The van der Waals surface area contributed by atoms with Gasteiger partial charge < -0.3 is 10.2 Å². The zero-order valence-electron chi connectivity index (χ0n) is 20.3. The van der Waals surface area contributed by atoms with E-state index in [2.05, 4.69) is 41.8 Å². The van der Waals surface area contributed by atoms with Crippen LogP contribution < -0.4 is 5.32 Å². The molecule has 0 atom stereocenters. The number of anilines is 1. The smallest absolute Gasteiger partial charge is 0.161 e. The molecule has 5 heteroatoms. The average Bonchev–Trinajstić information content (AvgIpc) is 3.30. The van der Waals surface area contributed by atoms with Gasteiger partial charge in [-0.05, 0) is 50.0 Å². The molecule has 1 aliphatic rings. The molecular weight excluding hydrogens is 406 g/mol. The van der Waals surface area contributed by atoms with Gasteiger partial charge in [-0.15, -0.1) is 0 Å². The number of rotatable bonds is 9. The Hall–Kier alpha value is -3.47. The molecule has 1 aromatic carbocycles. The Morgan fingerprint density at radius 2 is 2.00 bits per heavy atom. The number of aliphatic imine (C=N–C) groups is 1. The summed E-state index contributed by atoms with van der Waals surface area (Å²) >= 11 is 0. The normalized spacial score (nSPS) is 15.2. The molecule has 0 spiro atoms. The van der Waals surface area contributed by atoms with E-state index < -0.39 is 0 Å². The first-order valence-corrected chi connectivity index (χ1v) is 11.5. The number of hydrogen-bond donors (Lipinski definition) is 1. The van der Waals surface area contributed by atoms with Gasteiger partial charge in [-0.2, -0.15) is 0 Å². The lowest BCUT2D eigenvalue weighted by Crippen LogP contribution is -2.19. The van der Waals surface area contributed by atoms with Crippen molar-refractivity contribution < 1.29 is 0 Å². The minimum Gasteiger partial charge on any atom is -0.383 e. The molecule has 5 nitrogen and oxygen atoms in total. The van der Waals surface area contributed by atoms with Crippen molar-refractivity contribution in [3.8, 4) is 11.4 Å². The molecule has 0 aliphatic heterocycles. The summed E-state index contributed by atoms with van der Waals surface area (Å²) in [5, 5.41) is 3.68. The van der Waals surface area contributed by atoms with Crippen molar-refractivity contribution in [3.05, 3.63) is 84.9 Å². The molecule has 1 N–H and O–H groups in total. The molecule has 1 aliphatic carbocycles. The van der Waals surface area contributed by atoms with E-state index in [1.54, 1.807) is 0 Å². The third-order valence-electron chi connectivity index (χ3n) is 5.47. The van der Waals surface area contributed by atoms with Gasteiger partial charge in [0.15, 0.2) is 5.82 Å². The van der Waals surface area contributed by atoms with Crippen LogP contribution in [0.15, 0.2) is 78.7 Å². The average molecular weight is 442 g/mol. The molecule has 33 heavy (non-hydrogen) atoms. The fraction of sp³-hybridized carbons (Fsp3) is 0.321. The van der Waals surface area contributed by atoms with Crippen LogP contribution in [-0.4, -0.2) is 40.7 Å². The van der Waals surface area contributed by atoms with Gasteiger partial charge in [0.1, 0.15) is 5.82 Å². The highest BCUT2D eigenvalue weighted by Gasteiger charge is 2.19. The van der Waals surface area contributed by atoms with Gasteiger partial charge in [-0.3, -0.25) is 4.99 Å². The first-order chi connectivity index (χ1) is 15.9. The Morgan fingerprint density at radius 3 is 2.64 bits per heavy atom. The van der Waals surface area contributed by atoms with Crippen LogP contribution in [0.5, 0.6) is 0 Å². The van der Waals surface area contributed by atoms with Gasteiger partial charge in [-0.1, -0.05) is 56.4 Å². The predicted octanol–water partition coefficient (Wildman–Crippen LogP) is 6.49. The van der Waals surface area contributed by atoms with Crippen molar-refractivity contribution in [1.82, 2.24) is 14.9 Å². The van der Waals surface area contributed by atoms with Crippen LogP contribution in [0.3, 0.4) is 0 Å². The first kappa shape index (κ1) is 24.2. The highest BCUT2D eigenvalue weighted by molar-refractivity contribution is 6.12. The van der Waals surface area contributed by atoms with Crippen molar-refractivity contribution in [2.24, 2.45) is 4.99 Å². The molecule has 172 valence electrons. The third kappa shape index (κ3) is 6.51. The van der Waals surface area contributed by atoms with E-state index in [0.717, 1.165) is 52.3 Å². The van der Waals surface area contributed by atoms with Crippen molar-refractivity contribution in [1.29, 1.82) is 0 Å². The second-order valence-electron chi connectivity index (χ2n) is 8.65. The summed E-state index contributed by atoms with van der Waals surface area (Å²) in [6, 6.07) is 8.69. The molecule has 2 aromatic rings. The maximum absolute atomic E-state index is 4.98. The summed E-state index contributed by atoms with van der Waals surface area (Å²) in [5.41, 5.74) is 5.54. The molecule has 0 amide bonds. The molecule has 0 radical (unpaired) electrons. The number of benzene rings is 1. The molecular formula is C28H35N5. The zero-order valence-corrected chi connectivity index (χ0v) is 20.3. The Kier molecular flexibility index (Phi) is 8.36. The molecule has 1 fully saturated rings. The summed E-state index contributed by atoms with van der Waals surface area (Å²) in [5.74, 6) is 1.51. The van der Waals surface area contributed by atoms with E-state index in [1.165, 1.54) is 12.8 Å². The van der Waals surface area contributed by atoms with Gasteiger partial charge in [0, 0.05) is 43.8 Å². The fourth-order valence-electron chi connectivity index (χ4n) is 3.99. The monoisotopic (exact) mass is 441 g/mol. The number of hydrogen-bond acceptors (Lipinski definition) is 5. The standard InChI is InChI=1S/C28H35N5/c1-7-12-26(30-20(3)4)25-18-29-27(32-28(25)31-24-15-9-10-16-24)23-14-11-13-22(17-23)21(8-2)19-33(5)6/h7-8,11-14,17-19,24H,2-3,9-10,15-16H2,1,4-6H3,(H,29,31,32)/b12-7-,21-19+,30-26+. The molecule has 1 aromatic heterocycles. The lowest BCUT2D eigenvalue weighted by Gasteiger charge is -2.17. The quantitative estimate of drug-likeness (QED) is 0.357. The summed E-state index contributed by atoms with van der Waals surface area (Å²) in [6.45, 7) is 11.8. The number of aromatic nitrogens is 2. The van der Waals surface area contributed by atoms with E-state index in [-0.39, 0.29) is 0 Å². The Balaban J connectivity index is 2.08. The molecule has 3 rings (SSSR count). The number of nitrogens with zero attached hydrogens (tertiary/aromatic N) is 4. The van der Waals surface area contributed by atoms with E-state index in [9.17, 15) is 0 Å². The Labute approximate surface area is 198 Å². The topological polar surface area (TPSA) is 53.4 Å². The minimum absolute atomic E-state index is 0.421. The van der Waals surface area contributed by atoms with Crippen LogP contribution >= 0.6 is 0 Å². The fourth-order valence-corrected chi connectivity index (χ4v) is 3.99. The van der Waals surface area contributed by atoms with Crippen LogP contribution in [0.1, 0.15) is 50.7 Å². The maximum Gasteiger partial charge on any atom is 0.161 e. The van der Waals surface area contributed by atoms with Crippen molar-refractivity contribution >= 4 is 17.1 Å². The Morgan fingerprint density at radius 1 is 1.24 bits per heavy atom.